The molecular formula is C16H19BN4O3. The molecule has 1 aliphatic heterocycles. The Kier molecular flexibility index (Phi) is 4.10. The van der Waals surface area contributed by atoms with Crippen molar-refractivity contribution in [1.29, 1.82) is 0 Å². The van der Waals surface area contributed by atoms with Gasteiger partial charge in [-0.05, 0) is 45.9 Å². The predicted octanol–water partition coefficient (Wildman–Crippen LogP) is 1.42. The highest BCUT2D eigenvalue weighted by Gasteiger charge is 2.52. The number of amides is 1. The predicted molar refractivity (Wildman–Crippen MR) is 89.9 cm³/mol. The van der Waals surface area contributed by atoms with Crippen LogP contribution >= 0.6 is 0 Å². The summed E-state index contributed by atoms with van der Waals surface area (Å²) in [4.78, 5) is 16.5. The number of nitrogens with one attached hydrogen (secondary N) is 1. The molecule has 24 heavy (non-hydrogen) atoms. The molecule has 8 heteroatoms. The maximum atomic E-state index is 12.2. The van der Waals surface area contributed by atoms with Gasteiger partial charge in [-0.2, -0.15) is 10.2 Å². The van der Waals surface area contributed by atoms with Crippen molar-refractivity contribution in [1.82, 2.24) is 15.2 Å². The average molecular weight is 326 g/mol. The van der Waals surface area contributed by atoms with E-state index in [2.05, 4.69) is 20.5 Å². The monoisotopic (exact) mass is 326 g/mol. The number of hydrogen-bond donors (Lipinski definition) is 1. The Morgan fingerprint density at radius 1 is 1.08 bits per heavy atom. The van der Waals surface area contributed by atoms with Gasteiger partial charge in [0.1, 0.15) is 0 Å². The third kappa shape index (κ3) is 3.15. The van der Waals surface area contributed by atoms with Crippen LogP contribution in [0.25, 0.3) is 0 Å². The Labute approximate surface area is 140 Å². The molecule has 2 aromatic heterocycles. The molecule has 3 rings (SSSR count). The first-order valence-electron chi connectivity index (χ1n) is 7.68. The average Bonchev–Trinajstić information content (AvgIpc) is 2.76. The topological polar surface area (TPSA) is 86.2 Å². The Morgan fingerprint density at radius 3 is 2.42 bits per heavy atom. The van der Waals surface area contributed by atoms with Crippen LogP contribution in [0.4, 0.5) is 5.69 Å². The second kappa shape index (κ2) is 5.96. The molecule has 1 N–H and O–H groups in total. The van der Waals surface area contributed by atoms with Gasteiger partial charge in [-0.25, -0.2) is 0 Å². The van der Waals surface area contributed by atoms with E-state index in [-0.39, 0.29) is 5.91 Å². The van der Waals surface area contributed by atoms with Gasteiger partial charge < -0.3 is 14.6 Å². The standard InChI is InChI=1S/C16H19BN4O3/c1-15(2)16(3,4)24-17(23-15)13-9-12(6-7-18-13)21-14(22)11-5-8-19-20-10-11/h5-10H,1-4H3,(H,18,21,22). The molecule has 1 aliphatic rings. The summed E-state index contributed by atoms with van der Waals surface area (Å²) >= 11 is 0. The lowest BCUT2D eigenvalue weighted by Gasteiger charge is -2.32. The lowest BCUT2D eigenvalue weighted by molar-refractivity contribution is 0.00578. The molecule has 0 unspecified atom stereocenters. The second-order valence-electron chi connectivity index (χ2n) is 6.64. The minimum Gasteiger partial charge on any atom is -0.398 e. The van der Waals surface area contributed by atoms with E-state index in [0.29, 0.717) is 16.8 Å². The summed E-state index contributed by atoms with van der Waals surface area (Å²) in [6.45, 7) is 7.92. The normalized spacial score (nSPS) is 18.4. The van der Waals surface area contributed by atoms with Crippen LogP contribution in [0.15, 0.2) is 36.8 Å². The fraction of sp³-hybridized carbons (Fsp3) is 0.375. The van der Waals surface area contributed by atoms with E-state index < -0.39 is 18.3 Å². The Bertz CT molecular complexity index is 736. The molecule has 2 aromatic rings. The molecule has 0 aromatic carbocycles. The van der Waals surface area contributed by atoms with Gasteiger partial charge in [0.2, 0.25) is 0 Å². The SMILES string of the molecule is CC1(C)OB(c2cc(NC(=O)c3ccnnc3)ccn2)OC1(C)C. The van der Waals surface area contributed by atoms with Crippen molar-refractivity contribution in [2.45, 2.75) is 38.9 Å². The van der Waals surface area contributed by atoms with E-state index in [4.69, 9.17) is 9.31 Å². The van der Waals surface area contributed by atoms with Crippen LogP contribution in [0.1, 0.15) is 38.1 Å². The summed E-state index contributed by atoms with van der Waals surface area (Å²) < 4.78 is 12.0. The van der Waals surface area contributed by atoms with Crippen LogP contribution in [-0.2, 0) is 9.31 Å². The Hall–Kier alpha value is -2.32. The lowest BCUT2D eigenvalue weighted by atomic mass is 9.84. The van der Waals surface area contributed by atoms with E-state index in [1.54, 1.807) is 24.4 Å². The molecule has 0 radical (unpaired) electrons. The smallest absolute Gasteiger partial charge is 0.398 e. The summed E-state index contributed by atoms with van der Waals surface area (Å²) in [5.74, 6) is -0.268. The van der Waals surface area contributed by atoms with Crippen LogP contribution in [0, 0.1) is 0 Å². The van der Waals surface area contributed by atoms with Gasteiger partial charge in [-0.1, -0.05) is 0 Å². The van der Waals surface area contributed by atoms with Gasteiger partial charge in [0.15, 0.2) is 0 Å². The highest BCUT2D eigenvalue weighted by atomic mass is 16.7. The first-order valence-corrected chi connectivity index (χ1v) is 7.68. The van der Waals surface area contributed by atoms with Crippen LogP contribution < -0.4 is 10.9 Å². The van der Waals surface area contributed by atoms with Crippen molar-refractivity contribution in [3.63, 3.8) is 0 Å². The van der Waals surface area contributed by atoms with E-state index in [9.17, 15) is 4.79 Å². The maximum absolute atomic E-state index is 12.2. The first kappa shape index (κ1) is 16.5. The number of hydrogen-bond acceptors (Lipinski definition) is 6. The zero-order chi connectivity index (χ0) is 17.4. The first-order chi connectivity index (χ1) is 11.3. The van der Waals surface area contributed by atoms with E-state index in [1.807, 2.05) is 27.7 Å². The Morgan fingerprint density at radius 2 is 1.79 bits per heavy atom. The van der Waals surface area contributed by atoms with Gasteiger partial charge >= 0.3 is 7.12 Å². The molecule has 7 nitrogen and oxygen atoms in total. The van der Waals surface area contributed by atoms with Gasteiger partial charge in [0.05, 0.1) is 34.8 Å². The lowest BCUT2D eigenvalue weighted by Crippen LogP contribution is -2.41. The highest BCUT2D eigenvalue weighted by Crippen LogP contribution is 2.36. The van der Waals surface area contributed by atoms with Crippen LogP contribution in [0.2, 0.25) is 0 Å². The zero-order valence-electron chi connectivity index (χ0n) is 14.1. The quantitative estimate of drug-likeness (QED) is 0.859. The summed E-state index contributed by atoms with van der Waals surface area (Å²) in [6, 6.07) is 5.05. The minimum absolute atomic E-state index is 0.268. The summed E-state index contributed by atoms with van der Waals surface area (Å²) in [5, 5.41) is 10.2. The molecule has 0 saturated carbocycles. The van der Waals surface area contributed by atoms with Gasteiger partial charge in [0.25, 0.3) is 5.91 Å². The number of anilines is 1. The summed E-state index contributed by atoms with van der Waals surface area (Å²) in [5.41, 5.74) is 0.762. The third-order valence-corrected chi connectivity index (χ3v) is 4.38. The number of nitrogens with zero attached hydrogens (tertiary/aromatic N) is 3. The van der Waals surface area contributed by atoms with Crippen molar-refractivity contribution in [3.05, 3.63) is 42.4 Å². The number of carbonyl (C=O) groups is 1. The second-order valence-corrected chi connectivity index (χ2v) is 6.64. The largest absolute Gasteiger partial charge is 0.514 e. The molecule has 1 saturated heterocycles. The Balaban J connectivity index is 1.77. The number of pyridine rings is 1. The number of carbonyl (C=O) groups excluding carboxylic acids is 1. The van der Waals surface area contributed by atoms with Crippen LogP contribution in [-0.4, -0.2) is 39.4 Å². The number of rotatable bonds is 3. The number of aromatic nitrogens is 3. The van der Waals surface area contributed by atoms with Gasteiger partial charge in [-0.3, -0.25) is 9.78 Å². The van der Waals surface area contributed by atoms with Crippen molar-refractivity contribution in [2.24, 2.45) is 0 Å². The van der Waals surface area contributed by atoms with Gasteiger partial charge in [-0.15, -0.1) is 0 Å². The molecule has 3 heterocycles. The van der Waals surface area contributed by atoms with Gasteiger partial charge in [0, 0.05) is 11.9 Å². The van der Waals surface area contributed by atoms with Crippen molar-refractivity contribution < 1.29 is 14.1 Å². The zero-order valence-corrected chi connectivity index (χ0v) is 14.1. The fourth-order valence-electron chi connectivity index (χ4n) is 2.25. The van der Waals surface area contributed by atoms with Crippen molar-refractivity contribution >= 4 is 24.3 Å². The third-order valence-electron chi connectivity index (χ3n) is 4.38. The molecule has 0 aliphatic carbocycles. The molecule has 0 atom stereocenters. The molecule has 1 amide bonds. The van der Waals surface area contributed by atoms with Crippen LogP contribution in [0.3, 0.4) is 0 Å². The van der Waals surface area contributed by atoms with E-state index in [1.165, 1.54) is 12.4 Å². The minimum atomic E-state index is -0.575. The maximum Gasteiger partial charge on any atom is 0.514 e. The molecule has 1 fully saturated rings. The van der Waals surface area contributed by atoms with Crippen molar-refractivity contribution in [3.8, 4) is 0 Å². The molecule has 0 spiro atoms. The molecule has 0 bridgehead atoms. The summed E-state index contributed by atoms with van der Waals surface area (Å²) in [7, 11) is -0.575. The molecular weight excluding hydrogens is 307 g/mol. The van der Waals surface area contributed by atoms with Crippen molar-refractivity contribution in [2.75, 3.05) is 5.32 Å². The summed E-state index contributed by atoms with van der Waals surface area (Å²) in [6.07, 6.45) is 4.49. The van der Waals surface area contributed by atoms with Crippen LogP contribution in [0.5, 0.6) is 0 Å². The molecule has 124 valence electrons. The van der Waals surface area contributed by atoms with E-state index in [0.717, 1.165) is 0 Å². The fourth-order valence-corrected chi connectivity index (χ4v) is 2.25. The highest BCUT2D eigenvalue weighted by molar-refractivity contribution is 6.61. The van der Waals surface area contributed by atoms with E-state index >= 15 is 0 Å².